The van der Waals surface area contributed by atoms with Gasteiger partial charge in [-0.25, -0.2) is 4.39 Å². The summed E-state index contributed by atoms with van der Waals surface area (Å²) in [5, 5.41) is 21.6. The molecule has 120 valence electrons. The Hall–Kier alpha value is -2.86. The maximum atomic E-state index is 13.2. The van der Waals surface area contributed by atoms with Crippen molar-refractivity contribution in [3.05, 3.63) is 66.0 Å². The molecule has 5 N–H and O–H groups in total. The number of benzene rings is 2. The van der Waals surface area contributed by atoms with E-state index in [1.807, 2.05) is 0 Å². The molecule has 6 heteroatoms. The number of nitrogen functional groups attached to an aromatic ring is 1. The first-order chi connectivity index (χ1) is 11.0. The van der Waals surface area contributed by atoms with E-state index in [9.17, 15) is 14.3 Å². The Kier molecular flexibility index (Phi) is 5.32. The van der Waals surface area contributed by atoms with Crippen LogP contribution in [0.5, 0.6) is 5.75 Å². The minimum Gasteiger partial charge on any atom is -0.505 e. The van der Waals surface area contributed by atoms with E-state index in [0.29, 0.717) is 16.9 Å². The van der Waals surface area contributed by atoms with Crippen LogP contribution in [0.4, 0.5) is 15.8 Å². The van der Waals surface area contributed by atoms with E-state index in [4.69, 9.17) is 10.8 Å². The molecule has 0 aromatic heterocycles. The average Bonchev–Trinajstić information content (AvgIpc) is 2.52. The maximum absolute atomic E-state index is 13.2. The van der Waals surface area contributed by atoms with E-state index >= 15 is 0 Å². The van der Waals surface area contributed by atoms with Crippen molar-refractivity contribution in [3.8, 4) is 5.75 Å². The zero-order chi connectivity index (χ0) is 16.8. The van der Waals surface area contributed by atoms with Crippen LogP contribution in [0.25, 0.3) is 0 Å². The molecule has 0 unspecified atom stereocenters. The minimum absolute atomic E-state index is 0.127. The Morgan fingerprint density at radius 2 is 2.04 bits per heavy atom. The fourth-order valence-electron chi connectivity index (χ4n) is 1.96. The van der Waals surface area contributed by atoms with Gasteiger partial charge in [0.2, 0.25) is 5.91 Å². The molecule has 0 saturated carbocycles. The second-order valence-corrected chi connectivity index (χ2v) is 4.94. The molecular formula is C17H17FN2O3. The van der Waals surface area contributed by atoms with Crippen LogP contribution in [0.15, 0.2) is 54.6 Å². The molecule has 0 bridgehead atoms. The van der Waals surface area contributed by atoms with E-state index in [-0.39, 0.29) is 12.3 Å². The number of aliphatic hydroxyl groups excluding tert-OH is 1. The smallest absolute Gasteiger partial charge is 0.248 e. The molecule has 0 aliphatic rings. The Balaban J connectivity index is 1.91. The summed E-state index contributed by atoms with van der Waals surface area (Å²) < 4.78 is 13.2. The Morgan fingerprint density at radius 1 is 1.30 bits per heavy atom. The lowest BCUT2D eigenvalue weighted by Crippen LogP contribution is -2.09. The molecule has 5 nitrogen and oxygen atoms in total. The molecule has 0 fully saturated rings. The molecule has 0 saturated heterocycles. The van der Waals surface area contributed by atoms with Gasteiger partial charge in [0.15, 0.2) is 11.6 Å². The fraction of sp³-hybridized carbons (Fsp3) is 0.118. The molecule has 2 rings (SSSR count). The van der Waals surface area contributed by atoms with Crippen LogP contribution in [0.1, 0.15) is 18.1 Å². The second kappa shape index (κ2) is 7.42. The number of para-hydroxylation sites is 2. The first-order valence-electron chi connectivity index (χ1n) is 6.96. The van der Waals surface area contributed by atoms with Crippen LogP contribution in [0.2, 0.25) is 0 Å². The highest BCUT2D eigenvalue weighted by atomic mass is 19.1. The van der Waals surface area contributed by atoms with Gasteiger partial charge in [-0.1, -0.05) is 24.3 Å². The topological polar surface area (TPSA) is 95.6 Å². The van der Waals surface area contributed by atoms with Gasteiger partial charge in [-0.2, -0.15) is 0 Å². The summed E-state index contributed by atoms with van der Waals surface area (Å²) in [7, 11) is 0. The van der Waals surface area contributed by atoms with Crippen LogP contribution >= 0.6 is 0 Å². The van der Waals surface area contributed by atoms with Crippen molar-refractivity contribution in [3.63, 3.8) is 0 Å². The summed E-state index contributed by atoms with van der Waals surface area (Å²) >= 11 is 0. The zero-order valence-electron chi connectivity index (χ0n) is 12.2. The third-order valence-corrected chi connectivity index (χ3v) is 3.20. The molecule has 0 aliphatic carbocycles. The highest BCUT2D eigenvalue weighted by molar-refractivity contribution is 6.01. The second-order valence-electron chi connectivity index (χ2n) is 4.94. The summed E-state index contributed by atoms with van der Waals surface area (Å²) in [6.45, 7) is 0. The lowest BCUT2D eigenvalue weighted by Gasteiger charge is -2.09. The van der Waals surface area contributed by atoms with Crippen LogP contribution in [-0.4, -0.2) is 16.1 Å². The molecule has 0 aliphatic heterocycles. The SMILES string of the molecule is Nc1ccccc1NC(=O)/C=C/C[C@H](O)c1ccc(O)c(F)c1. The van der Waals surface area contributed by atoms with Gasteiger partial charge in [0.1, 0.15) is 0 Å². The highest BCUT2D eigenvalue weighted by Gasteiger charge is 2.09. The Bertz CT molecular complexity index is 732. The van der Waals surface area contributed by atoms with Crippen molar-refractivity contribution >= 4 is 17.3 Å². The molecule has 1 atom stereocenters. The Labute approximate surface area is 132 Å². The zero-order valence-corrected chi connectivity index (χ0v) is 12.2. The first kappa shape index (κ1) is 16.5. The number of carbonyl (C=O) groups excluding carboxylic acids is 1. The summed E-state index contributed by atoms with van der Waals surface area (Å²) in [4.78, 5) is 11.8. The van der Waals surface area contributed by atoms with Crippen molar-refractivity contribution < 1.29 is 19.4 Å². The molecule has 2 aromatic carbocycles. The van der Waals surface area contributed by atoms with E-state index in [1.165, 1.54) is 24.3 Å². The van der Waals surface area contributed by atoms with E-state index < -0.39 is 17.7 Å². The largest absolute Gasteiger partial charge is 0.505 e. The standard InChI is InChI=1S/C17H17FN2O3/c18-12-10-11(8-9-16(12)22)15(21)6-3-7-17(23)20-14-5-2-1-4-13(14)19/h1-5,7-10,15,21-22H,6,19H2,(H,20,23)/b7-3+/t15-/m0/s1. The van der Waals surface area contributed by atoms with Crippen LogP contribution in [0, 0.1) is 5.82 Å². The number of amides is 1. The van der Waals surface area contributed by atoms with Crippen molar-refractivity contribution in [2.75, 3.05) is 11.1 Å². The van der Waals surface area contributed by atoms with Gasteiger partial charge in [-0.05, 0) is 42.3 Å². The number of aromatic hydroxyl groups is 1. The van der Waals surface area contributed by atoms with E-state index in [2.05, 4.69) is 5.32 Å². The van der Waals surface area contributed by atoms with Gasteiger partial charge in [0.25, 0.3) is 0 Å². The minimum atomic E-state index is -0.976. The molecule has 1 amide bonds. The number of hydrogen-bond acceptors (Lipinski definition) is 4. The number of nitrogens with one attached hydrogen (secondary N) is 1. The van der Waals surface area contributed by atoms with Crippen LogP contribution in [0.3, 0.4) is 0 Å². The van der Waals surface area contributed by atoms with Gasteiger partial charge < -0.3 is 21.3 Å². The monoisotopic (exact) mass is 316 g/mol. The number of rotatable bonds is 5. The Morgan fingerprint density at radius 3 is 2.74 bits per heavy atom. The normalized spacial score (nSPS) is 12.3. The fourth-order valence-corrected chi connectivity index (χ4v) is 1.96. The molecular weight excluding hydrogens is 299 g/mol. The summed E-state index contributed by atoms with van der Waals surface area (Å²) in [5.74, 6) is -1.66. The number of carbonyl (C=O) groups is 1. The number of phenols is 1. The van der Waals surface area contributed by atoms with Crippen LogP contribution in [-0.2, 0) is 4.79 Å². The highest BCUT2D eigenvalue weighted by Crippen LogP contribution is 2.23. The van der Waals surface area contributed by atoms with Crippen molar-refractivity contribution in [2.24, 2.45) is 0 Å². The lowest BCUT2D eigenvalue weighted by molar-refractivity contribution is -0.111. The van der Waals surface area contributed by atoms with Crippen molar-refractivity contribution in [2.45, 2.75) is 12.5 Å². The van der Waals surface area contributed by atoms with Crippen molar-refractivity contribution in [1.29, 1.82) is 0 Å². The van der Waals surface area contributed by atoms with Crippen LogP contribution < -0.4 is 11.1 Å². The number of nitrogens with two attached hydrogens (primary N) is 1. The number of halogens is 1. The van der Waals surface area contributed by atoms with E-state index in [0.717, 1.165) is 6.07 Å². The number of aliphatic hydroxyl groups is 1. The summed E-state index contributed by atoms with van der Waals surface area (Å²) in [6, 6.07) is 10.5. The first-order valence-corrected chi connectivity index (χ1v) is 6.96. The molecule has 2 aromatic rings. The summed E-state index contributed by atoms with van der Waals surface area (Å²) in [6.07, 6.45) is 1.90. The average molecular weight is 316 g/mol. The molecule has 0 radical (unpaired) electrons. The van der Waals surface area contributed by atoms with Gasteiger partial charge in [-0.3, -0.25) is 4.79 Å². The lowest BCUT2D eigenvalue weighted by atomic mass is 10.1. The van der Waals surface area contributed by atoms with Gasteiger partial charge in [-0.15, -0.1) is 0 Å². The molecule has 0 spiro atoms. The molecule has 23 heavy (non-hydrogen) atoms. The van der Waals surface area contributed by atoms with Gasteiger partial charge in [0.05, 0.1) is 17.5 Å². The number of anilines is 2. The third kappa shape index (κ3) is 4.55. The van der Waals surface area contributed by atoms with Crippen molar-refractivity contribution in [1.82, 2.24) is 0 Å². The quantitative estimate of drug-likeness (QED) is 0.504. The number of phenolic OH excluding ortho intramolecular Hbond substituents is 1. The van der Waals surface area contributed by atoms with Gasteiger partial charge in [0, 0.05) is 0 Å². The summed E-state index contributed by atoms with van der Waals surface area (Å²) in [5.41, 5.74) is 6.99. The molecule has 0 heterocycles. The number of hydrogen-bond donors (Lipinski definition) is 4. The van der Waals surface area contributed by atoms with E-state index in [1.54, 1.807) is 24.3 Å². The predicted molar refractivity (Wildman–Crippen MR) is 86.3 cm³/mol. The van der Waals surface area contributed by atoms with Gasteiger partial charge >= 0.3 is 0 Å². The third-order valence-electron chi connectivity index (χ3n) is 3.20. The predicted octanol–water partition coefficient (Wildman–Crippen LogP) is 2.73. The maximum Gasteiger partial charge on any atom is 0.248 e.